The molecule has 0 saturated carbocycles. The van der Waals surface area contributed by atoms with Crippen molar-refractivity contribution in [3.63, 3.8) is 0 Å². The lowest BCUT2D eigenvalue weighted by Gasteiger charge is -2.06. The van der Waals surface area contributed by atoms with Gasteiger partial charge in [0.1, 0.15) is 7.05 Å². The van der Waals surface area contributed by atoms with Crippen LogP contribution in [0.3, 0.4) is 0 Å². The van der Waals surface area contributed by atoms with Crippen molar-refractivity contribution in [3.8, 4) is 0 Å². The molecule has 0 saturated heterocycles. The Labute approximate surface area is 139 Å². The first-order chi connectivity index (χ1) is 11.5. The van der Waals surface area contributed by atoms with Crippen LogP contribution in [0.25, 0.3) is 10.9 Å². The zero-order chi connectivity index (χ0) is 17.1. The monoisotopic (exact) mass is 323 g/mol. The van der Waals surface area contributed by atoms with E-state index in [-0.39, 0.29) is 11.7 Å². The Hall–Kier alpha value is -3.22. The molecular formula is C17H19N6O+. The molecule has 3 rings (SSSR count). The van der Waals surface area contributed by atoms with Crippen LogP contribution < -0.4 is 15.7 Å². The topological polar surface area (TPSA) is 89.2 Å². The highest BCUT2D eigenvalue weighted by molar-refractivity contribution is 5.98. The van der Waals surface area contributed by atoms with Crippen molar-refractivity contribution < 1.29 is 9.36 Å². The van der Waals surface area contributed by atoms with Crippen molar-refractivity contribution in [3.05, 3.63) is 60.0 Å². The first-order valence-corrected chi connectivity index (χ1v) is 7.53. The van der Waals surface area contributed by atoms with E-state index in [1.54, 1.807) is 0 Å². The number of nitrogens with one attached hydrogen (secondary N) is 1. The molecule has 0 bridgehead atoms. The fourth-order valence-corrected chi connectivity index (χ4v) is 2.42. The smallest absolute Gasteiger partial charge is 0.237 e. The molecule has 1 aromatic carbocycles. The minimum atomic E-state index is -0.256. The summed E-state index contributed by atoms with van der Waals surface area (Å²) in [6.45, 7) is 2.05. The molecule has 122 valence electrons. The second kappa shape index (κ2) is 6.49. The summed E-state index contributed by atoms with van der Waals surface area (Å²) in [5.74, 6) is 0.0160. The van der Waals surface area contributed by atoms with Crippen LogP contribution in [0.2, 0.25) is 0 Å². The molecule has 0 aliphatic carbocycles. The fourth-order valence-electron chi connectivity index (χ4n) is 2.42. The second-order valence-electron chi connectivity index (χ2n) is 5.62. The predicted molar refractivity (Wildman–Crippen MR) is 91.0 cm³/mol. The number of hydrogen-bond donors (Lipinski definition) is 2. The number of aromatic nitrogens is 3. The highest BCUT2D eigenvalue weighted by Gasteiger charge is 2.07. The summed E-state index contributed by atoms with van der Waals surface area (Å²) >= 11 is 0. The van der Waals surface area contributed by atoms with Gasteiger partial charge in [0.25, 0.3) is 0 Å². The van der Waals surface area contributed by atoms with Crippen molar-refractivity contribution in [1.29, 1.82) is 0 Å². The van der Waals surface area contributed by atoms with E-state index in [4.69, 9.17) is 5.73 Å². The average Bonchev–Trinajstić information content (AvgIpc) is 2.95. The van der Waals surface area contributed by atoms with E-state index >= 15 is 0 Å². The predicted octanol–water partition coefficient (Wildman–Crippen LogP) is 0.665. The van der Waals surface area contributed by atoms with Gasteiger partial charge in [0.15, 0.2) is 18.2 Å². The molecular weight excluding hydrogens is 304 g/mol. The summed E-state index contributed by atoms with van der Waals surface area (Å²) in [5.41, 5.74) is 11.1. The number of hydrazone groups is 1. The maximum atomic E-state index is 10.9. The molecule has 0 aliphatic heterocycles. The van der Waals surface area contributed by atoms with Gasteiger partial charge >= 0.3 is 0 Å². The minimum Gasteiger partial charge on any atom is -0.382 e. The van der Waals surface area contributed by atoms with Crippen LogP contribution in [0.5, 0.6) is 0 Å². The quantitative estimate of drug-likeness (QED) is 0.320. The van der Waals surface area contributed by atoms with Crippen LogP contribution in [-0.4, -0.2) is 21.5 Å². The zero-order valence-corrected chi connectivity index (χ0v) is 13.6. The number of carbonyl (C=O) groups is 1. The Balaban J connectivity index is 1.78. The van der Waals surface area contributed by atoms with Crippen molar-refractivity contribution >= 4 is 22.6 Å². The third kappa shape index (κ3) is 3.40. The largest absolute Gasteiger partial charge is 0.382 e. The number of rotatable bonds is 4. The summed E-state index contributed by atoms with van der Waals surface area (Å²) in [5, 5.41) is 9.37. The minimum absolute atomic E-state index is 0.256. The van der Waals surface area contributed by atoms with Crippen LogP contribution in [0, 0.1) is 0 Å². The van der Waals surface area contributed by atoms with Crippen molar-refractivity contribution in [2.24, 2.45) is 17.9 Å². The van der Waals surface area contributed by atoms with E-state index in [9.17, 15) is 4.79 Å². The molecule has 3 N–H and O–H groups in total. The highest BCUT2D eigenvalue weighted by atomic mass is 16.2. The second-order valence-corrected chi connectivity index (χ2v) is 5.62. The van der Waals surface area contributed by atoms with Gasteiger partial charge in [-0.3, -0.25) is 9.48 Å². The van der Waals surface area contributed by atoms with Gasteiger partial charge in [-0.1, -0.05) is 24.3 Å². The fraction of sp³-hybridized carbons (Fsp3) is 0.176. The molecule has 2 heterocycles. The summed E-state index contributed by atoms with van der Waals surface area (Å²) in [6, 6.07) is 9.75. The lowest BCUT2D eigenvalue weighted by Crippen LogP contribution is -2.25. The SMILES string of the molecule is CC(=O)NN=C(N)c1ccc(Cn2ncc3c[n+](C)ccc32)cc1. The van der Waals surface area contributed by atoms with Crippen LogP contribution in [0.4, 0.5) is 0 Å². The molecule has 2 aromatic heterocycles. The van der Waals surface area contributed by atoms with Crippen molar-refractivity contribution in [1.82, 2.24) is 15.2 Å². The number of nitrogens with zero attached hydrogens (tertiary/aromatic N) is 4. The first-order valence-electron chi connectivity index (χ1n) is 7.53. The van der Waals surface area contributed by atoms with E-state index in [0.717, 1.165) is 22.0 Å². The van der Waals surface area contributed by atoms with Gasteiger partial charge in [0.2, 0.25) is 5.91 Å². The lowest BCUT2D eigenvalue weighted by atomic mass is 10.1. The summed E-state index contributed by atoms with van der Waals surface area (Å²) in [6.07, 6.45) is 5.91. The normalized spacial score (nSPS) is 11.7. The number of benzene rings is 1. The van der Waals surface area contributed by atoms with Crippen molar-refractivity contribution in [2.45, 2.75) is 13.5 Å². The van der Waals surface area contributed by atoms with E-state index < -0.39 is 0 Å². The molecule has 3 aromatic rings. The van der Waals surface area contributed by atoms with E-state index in [2.05, 4.69) is 21.7 Å². The molecule has 0 spiro atoms. The molecule has 0 radical (unpaired) electrons. The summed E-state index contributed by atoms with van der Waals surface area (Å²) < 4.78 is 3.96. The third-order valence-electron chi connectivity index (χ3n) is 3.64. The Kier molecular flexibility index (Phi) is 4.24. The molecule has 7 nitrogen and oxygen atoms in total. The van der Waals surface area contributed by atoms with Crippen molar-refractivity contribution in [2.75, 3.05) is 0 Å². The molecule has 24 heavy (non-hydrogen) atoms. The van der Waals surface area contributed by atoms with Crippen LogP contribution >= 0.6 is 0 Å². The van der Waals surface area contributed by atoms with Crippen LogP contribution in [0.15, 0.2) is 54.0 Å². The van der Waals surface area contributed by atoms with E-state index in [1.165, 1.54) is 6.92 Å². The van der Waals surface area contributed by atoms with Gasteiger partial charge < -0.3 is 5.73 Å². The number of nitrogens with two attached hydrogens (primary N) is 1. The summed E-state index contributed by atoms with van der Waals surface area (Å²) in [4.78, 5) is 10.9. The Morgan fingerprint density at radius 2 is 2.08 bits per heavy atom. The van der Waals surface area contributed by atoms with Crippen LogP contribution in [-0.2, 0) is 18.4 Å². The highest BCUT2D eigenvalue weighted by Crippen LogP contribution is 2.13. The maximum Gasteiger partial charge on any atom is 0.237 e. The number of aryl methyl sites for hydroxylation is 1. The van der Waals surface area contributed by atoms with Gasteiger partial charge in [-0.15, -0.1) is 0 Å². The number of fused-ring (bicyclic) bond motifs is 1. The Bertz CT molecular complexity index is 910. The number of amidine groups is 1. The van der Waals surface area contributed by atoms with Gasteiger partial charge in [-0.05, 0) is 5.56 Å². The van der Waals surface area contributed by atoms with Crippen LogP contribution in [0.1, 0.15) is 18.1 Å². The lowest BCUT2D eigenvalue weighted by molar-refractivity contribution is -0.670. The Morgan fingerprint density at radius 1 is 1.33 bits per heavy atom. The molecule has 0 atom stereocenters. The van der Waals surface area contributed by atoms with E-state index in [1.807, 2.05) is 59.2 Å². The van der Waals surface area contributed by atoms with Gasteiger partial charge in [-0.25, -0.2) is 9.99 Å². The van der Waals surface area contributed by atoms with E-state index in [0.29, 0.717) is 6.54 Å². The molecule has 0 unspecified atom stereocenters. The average molecular weight is 323 g/mol. The van der Waals surface area contributed by atoms with Gasteiger partial charge in [0.05, 0.1) is 23.6 Å². The maximum absolute atomic E-state index is 10.9. The molecule has 1 amide bonds. The number of pyridine rings is 1. The Morgan fingerprint density at radius 3 is 2.79 bits per heavy atom. The number of amides is 1. The standard InChI is InChI=1S/C17H18N6O/c1-12(24)20-21-17(18)14-5-3-13(4-6-14)10-23-16-7-8-22(2)11-15(16)9-19-23/h3-9,11H,10H2,1-2H3,(H2-,18,20,21,24)/p+1. The number of carbonyl (C=O) groups excluding carboxylic acids is 1. The molecule has 0 aliphatic rings. The first kappa shape index (κ1) is 15.7. The van der Waals surface area contributed by atoms with Gasteiger partial charge in [0, 0.05) is 18.6 Å². The summed E-state index contributed by atoms with van der Waals surface area (Å²) in [7, 11) is 1.99. The van der Waals surface area contributed by atoms with Gasteiger partial charge in [-0.2, -0.15) is 10.2 Å². The number of hydrogen-bond acceptors (Lipinski definition) is 3. The third-order valence-corrected chi connectivity index (χ3v) is 3.64. The zero-order valence-electron chi connectivity index (χ0n) is 13.6. The molecule has 7 heteroatoms. The molecule has 0 fully saturated rings.